The monoisotopic (exact) mass is 371 g/mol. The molecule has 0 bridgehead atoms. The highest BCUT2D eigenvalue weighted by atomic mass is 32.2. The van der Waals surface area contributed by atoms with E-state index in [0.717, 1.165) is 10.6 Å². The summed E-state index contributed by atoms with van der Waals surface area (Å²) >= 11 is 1.33. The van der Waals surface area contributed by atoms with Gasteiger partial charge in [-0.3, -0.25) is 25.2 Å². The van der Waals surface area contributed by atoms with Gasteiger partial charge < -0.3 is 10.1 Å². The van der Waals surface area contributed by atoms with E-state index in [1.165, 1.54) is 18.9 Å². The number of thioether (sulfide) groups is 1. The Bertz CT molecular complexity index is 839. The van der Waals surface area contributed by atoms with Crippen molar-refractivity contribution in [2.75, 3.05) is 12.4 Å². The summed E-state index contributed by atoms with van der Waals surface area (Å²) in [6, 6.07) is 13.9. The number of benzene rings is 2. The summed E-state index contributed by atoms with van der Waals surface area (Å²) in [6.45, 7) is 0. The lowest BCUT2D eigenvalue weighted by Gasteiger charge is -2.23. The molecule has 26 heavy (non-hydrogen) atoms. The molecule has 3 amide bonds. The number of para-hydroxylation sites is 1. The number of rotatable bonds is 4. The second-order valence-corrected chi connectivity index (χ2v) is 6.77. The Hall–Kier alpha value is -3.00. The molecule has 0 radical (unpaired) electrons. The van der Waals surface area contributed by atoms with Crippen LogP contribution in [0.5, 0.6) is 5.75 Å². The van der Waals surface area contributed by atoms with Crippen molar-refractivity contribution in [1.82, 2.24) is 10.9 Å². The van der Waals surface area contributed by atoms with Crippen LogP contribution in [-0.2, 0) is 9.59 Å². The van der Waals surface area contributed by atoms with Crippen molar-refractivity contribution in [2.45, 2.75) is 16.6 Å². The van der Waals surface area contributed by atoms with Gasteiger partial charge in [0.1, 0.15) is 5.75 Å². The molecule has 3 N–H and O–H groups in total. The Morgan fingerprint density at radius 1 is 1.12 bits per heavy atom. The van der Waals surface area contributed by atoms with Crippen LogP contribution in [0.15, 0.2) is 53.4 Å². The van der Waals surface area contributed by atoms with Crippen molar-refractivity contribution in [3.05, 3.63) is 54.1 Å². The standard InChI is InChI=1S/C18H17N3O4S/c1-25-12-8-6-11(7-9-12)17(23)21-20-16(22)10-15-18(24)19-13-4-2-3-5-14(13)26-15/h2-9,15H,10H2,1H3,(H,19,24)(H,20,22)(H,21,23)/t15-/m0/s1. The van der Waals surface area contributed by atoms with E-state index in [2.05, 4.69) is 16.2 Å². The van der Waals surface area contributed by atoms with Crippen LogP contribution >= 0.6 is 11.8 Å². The topological polar surface area (TPSA) is 96.5 Å². The van der Waals surface area contributed by atoms with Crippen LogP contribution in [0.2, 0.25) is 0 Å². The molecule has 0 saturated carbocycles. The summed E-state index contributed by atoms with van der Waals surface area (Å²) in [5.74, 6) is -0.498. The highest BCUT2D eigenvalue weighted by molar-refractivity contribution is 8.01. The molecule has 0 saturated heterocycles. The van der Waals surface area contributed by atoms with Crippen LogP contribution < -0.4 is 20.9 Å². The Balaban J connectivity index is 1.52. The number of ether oxygens (including phenoxy) is 1. The van der Waals surface area contributed by atoms with Crippen molar-refractivity contribution in [1.29, 1.82) is 0 Å². The number of hydrogen-bond donors (Lipinski definition) is 3. The molecule has 3 rings (SSSR count). The third-order valence-corrected chi connectivity index (χ3v) is 5.02. The minimum atomic E-state index is -0.553. The summed E-state index contributed by atoms with van der Waals surface area (Å²) in [5, 5.41) is 2.22. The Morgan fingerprint density at radius 3 is 2.58 bits per heavy atom. The molecule has 2 aromatic carbocycles. The van der Waals surface area contributed by atoms with Crippen molar-refractivity contribution < 1.29 is 19.1 Å². The van der Waals surface area contributed by atoms with E-state index in [1.54, 1.807) is 24.3 Å². The number of nitrogens with one attached hydrogen (secondary N) is 3. The first-order valence-electron chi connectivity index (χ1n) is 7.86. The average Bonchev–Trinajstić information content (AvgIpc) is 2.66. The van der Waals surface area contributed by atoms with Gasteiger partial charge in [0.05, 0.1) is 18.0 Å². The normalized spacial score (nSPS) is 15.4. The zero-order chi connectivity index (χ0) is 18.5. The summed E-state index contributed by atoms with van der Waals surface area (Å²) in [4.78, 5) is 37.1. The summed E-state index contributed by atoms with van der Waals surface area (Å²) in [7, 11) is 1.53. The highest BCUT2D eigenvalue weighted by Gasteiger charge is 2.28. The van der Waals surface area contributed by atoms with Crippen LogP contribution in [0.1, 0.15) is 16.8 Å². The molecule has 2 aromatic rings. The van der Waals surface area contributed by atoms with Gasteiger partial charge in [0, 0.05) is 16.9 Å². The van der Waals surface area contributed by atoms with E-state index in [9.17, 15) is 14.4 Å². The zero-order valence-corrected chi connectivity index (χ0v) is 14.8. The maximum absolute atomic E-state index is 12.1. The van der Waals surface area contributed by atoms with Gasteiger partial charge in [0.2, 0.25) is 11.8 Å². The third kappa shape index (κ3) is 4.15. The first-order valence-corrected chi connectivity index (χ1v) is 8.74. The number of methoxy groups -OCH3 is 1. The van der Waals surface area contributed by atoms with E-state index < -0.39 is 17.1 Å². The van der Waals surface area contributed by atoms with E-state index >= 15 is 0 Å². The highest BCUT2D eigenvalue weighted by Crippen LogP contribution is 2.36. The molecular formula is C18H17N3O4S. The predicted molar refractivity (Wildman–Crippen MR) is 97.9 cm³/mol. The summed E-state index contributed by atoms with van der Waals surface area (Å²) < 4.78 is 5.03. The Labute approximate surface area is 154 Å². The fraction of sp³-hybridized carbons (Fsp3) is 0.167. The molecule has 0 aliphatic carbocycles. The quantitative estimate of drug-likeness (QED) is 0.714. The zero-order valence-electron chi connectivity index (χ0n) is 13.9. The molecule has 1 aliphatic heterocycles. The number of carbonyl (C=O) groups is 3. The van der Waals surface area contributed by atoms with Crippen molar-refractivity contribution in [3.63, 3.8) is 0 Å². The van der Waals surface area contributed by atoms with Crippen LogP contribution in [-0.4, -0.2) is 30.1 Å². The van der Waals surface area contributed by atoms with Gasteiger partial charge in [-0.25, -0.2) is 0 Å². The first kappa shape index (κ1) is 17.8. The largest absolute Gasteiger partial charge is 0.497 e. The molecule has 1 atom stereocenters. The van der Waals surface area contributed by atoms with Crippen LogP contribution in [0.4, 0.5) is 5.69 Å². The summed E-state index contributed by atoms with van der Waals surface area (Å²) in [5.41, 5.74) is 5.80. The molecule has 0 fully saturated rings. The second-order valence-electron chi connectivity index (χ2n) is 5.53. The van der Waals surface area contributed by atoms with Crippen LogP contribution in [0, 0.1) is 0 Å². The fourth-order valence-electron chi connectivity index (χ4n) is 2.39. The first-order chi connectivity index (χ1) is 12.6. The van der Waals surface area contributed by atoms with Crippen LogP contribution in [0.3, 0.4) is 0 Å². The lowest BCUT2D eigenvalue weighted by Crippen LogP contribution is -2.44. The minimum absolute atomic E-state index is 0.0479. The lowest BCUT2D eigenvalue weighted by molar-refractivity contribution is -0.124. The van der Waals surface area contributed by atoms with Gasteiger partial charge >= 0.3 is 0 Å². The molecule has 7 nitrogen and oxygen atoms in total. The summed E-state index contributed by atoms with van der Waals surface area (Å²) in [6.07, 6.45) is -0.0479. The van der Waals surface area contributed by atoms with Crippen molar-refractivity contribution in [3.8, 4) is 5.75 Å². The van der Waals surface area contributed by atoms with Gasteiger partial charge in [0.25, 0.3) is 5.91 Å². The van der Waals surface area contributed by atoms with Gasteiger partial charge in [0.15, 0.2) is 0 Å². The van der Waals surface area contributed by atoms with Crippen molar-refractivity contribution >= 4 is 35.2 Å². The Kier molecular flexibility index (Phi) is 5.43. The third-order valence-electron chi connectivity index (χ3n) is 3.75. The molecule has 0 spiro atoms. The maximum atomic E-state index is 12.1. The van der Waals surface area contributed by atoms with Gasteiger partial charge in [-0.1, -0.05) is 12.1 Å². The molecule has 1 heterocycles. The minimum Gasteiger partial charge on any atom is -0.497 e. The van der Waals surface area contributed by atoms with Crippen molar-refractivity contribution in [2.24, 2.45) is 0 Å². The number of carbonyl (C=O) groups excluding carboxylic acids is 3. The maximum Gasteiger partial charge on any atom is 0.269 e. The number of hydrazine groups is 1. The number of anilines is 1. The smallest absolute Gasteiger partial charge is 0.269 e. The number of amides is 3. The molecule has 134 valence electrons. The SMILES string of the molecule is COc1ccc(C(=O)NNC(=O)C[C@@H]2Sc3ccccc3NC2=O)cc1. The average molecular weight is 371 g/mol. The van der Waals surface area contributed by atoms with Gasteiger partial charge in [-0.15, -0.1) is 11.8 Å². The molecular weight excluding hydrogens is 354 g/mol. The van der Waals surface area contributed by atoms with Gasteiger partial charge in [-0.2, -0.15) is 0 Å². The van der Waals surface area contributed by atoms with E-state index in [0.29, 0.717) is 11.3 Å². The van der Waals surface area contributed by atoms with E-state index in [1.807, 2.05) is 24.3 Å². The number of hydrogen-bond acceptors (Lipinski definition) is 5. The fourth-order valence-corrected chi connectivity index (χ4v) is 3.50. The predicted octanol–water partition coefficient (Wildman–Crippen LogP) is 1.96. The van der Waals surface area contributed by atoms with Gasteiger partial charge in [-0.05, 0) is 36.4 Å². The Morgan fingerprint density at radius 2 is 1.85 bits per heavy atom. The van der Waals surface area contributed by atoms with E-state index in [4.69, 9.17) is 4.74 Å². The molecule has 0 unspecified atom stereocenters. The number of fused-ring (bicyclic) bond motifs is 1. The lowest BCUT2D eigenvalue weighted by atomic mass is 10.2. The van der Waals surface area contributed by atoms with Crippen LogP contribution in [0.25, 0.3) is 0 Å². The molecule has 0 aromatic heterocycles. The second kappa shape index (κ2) is 7.92. The molecule has 1 aliphatic rings. The molecule has 8 heteroatoms. The van der Waals surface area contributed by atoms with E-state index in [-0.39, 0.29) is 12.3 Å².